The maximum absolute atomic E-state index is 12.6. The number of esters is 2. The molecule has 1 aromatic heterocycles. The van der Waals surface area contributed by atoms with Crippen molar-refractivity contribution < 1.29 is 23.9 Å². The molecule has 0 aliphatic carbocycles. The number of carbonyl (C=O) groups excluding carboxylic acids is 3. The summed E-state index contributed by atoms with van der Waals surface area (Å²) in [5.74, 6) is -0.169. The van der Waals surface area contributed by atoms with Crippen molar-refractivity contribution in [3.8, 4) is 0 Å². The Morgan fingerprint density at radius 1 is 1.07 bits per heavy atom. The van der Waals surface area contributed by atoms with Crippen LogP contribution in [0, 0.1) is 18.8 Å². The number of nitrogens with zero attached hydrogens (tertiary/aromatic N) is 1. The molecule has 7 nitrogen and oxygen atoms in total. The van der Waals surface area contributed by atoms with Gasteiger partial charge in [-0.05, 0) is 44.6 Å². The number of nitrogens with one attached hydrogen (secondary N) is 1. The van der Waals surface area contributed by atoms with Crippen LogP contribution < -0.4 is 5.32 Å². The molecule has 1 aliphatic rings. The van der Waals surface area contributed by atoms with E-state index in [1.807, 2.05) is 0 Å². The third-order valence-electron chi connectivity index (χ3n) is 4.65. The molecule has 1 aliphatic heterocycles. The molecule has 8 heteroatoms. The predicted octanol–water partition coefficient (Wildman–Crippen LogP) is 3.33. The summed E-state index contributed by atoms with van der Waals surface area (Å²) in [6.45, 7) is 11.9. The monoisotopic (exact) mass is 410 g/mol. The first-order valence-electron chi connectivity index (χ1n) is 9.76. The average Bonchev–Trinajstić information content (AvgIpc) is 2.90. The Morgan fingerprint density at radius 3 is 2.21 bits per heavy atom. The quantitative estimate of drug-likeness (QED) is 0.694. The molecule has 2 unspecified atom stereocenters. The van der Waals surface area contributed by atoms with Gasteiger partial charge in [0, 0.05) is 13.1 Å². The van der Waals surface area contributed by atoms with E-state index in [-0.39, 0.29) is 31.2 Å². The first-order valence-corrected chi connectivity index (χ1v) is 10.6. The highest BCUT2D eigenvalue weighted by Crippen LogP contribution is 2.34. The number of piperidine rings is 1. The standard InChI is InChI=1S/C20H30N2O5S/c1-6-26-19(24)16-14(5)17(20(25)27-7-2)28-18(16)21-15(23)11-22-9-12(3)8-13(4)10-22/h12-13H,6-11H2,1-5H3,(H,21,23). The second-order valence-corrected chi connectivity index (χ2v) is 8.41. The zero-order valence-corrected chi connectivity index (χ0v) is 18.1. The van der Waals surface area contributed by atoms with E-state index < -0.39 is 11.9 Å². The third-order valence-corrected chi connectivity index (χ3v) is 5.84. The summed E-state index contributed by atoms with van der Waals surface area (Å²) in [4.78, 5) is 39.7. The van der Waals surface area contributed by atoms with Gasteiger partial charge in [-0.2, -0.15) is 0 Å². The van der Waals surface area contributed by atoms with Gasteiger partial charge in [-0.15, -0.1) is 11.3 Å². The Kier molecular flexibility index (Phi) is 8.00. The van der Waals surface area contributed by atoms with E-state index in [1.54, 1.807) is 20.8 Å². The van der Waals surface area contributed by atoms with E-state index in [2.05, 4.69) is 24.1 Å². The lowest BCUT2D eigenvalue weighted by Gasteiger charge is -2.34. The zero-order chi connectivity index (χ0) is 20.8. The Hall–Kier alpha value is -1.93. The molecule has 0 saturated carbocycles. The minimum absolute atomic E-state index is 0.205. The molecule has 1 fully saturated rings. The molecule has 1 N–H and O–H groups in total. The number of carbonyl (C=O) groups is 3. The molecule has 1 aromatic rings. The summed E-state index contributed by atoms with van der Waals surface area (Å²) < 4.78 is 10.2. The van der Waals surface area contributed by atoms with E-state index in [9.17, 15) is 14.4 Å². The number of hydrogen-bond donors (Lipinski definition) is 1. The fourth-order valence-electron chi connectivity index (χ4n) is 3.73. The molecule has 0 spiro atoms. The van der Waals surface area contributed by atoms with Crippen LogP contribution in [0.1, 0.15) is 59.7 Å². The van der Waals surface area contributed by atoms with Gasteiger partial charge in [0.1, 0.15) is 9.88 Å². The molecule has 0 aromatic carbocycles. The number of amides is 1. The van der Waals surface area contributed by atoms with Crippen LogP contribution in [0.2, 0.25) is 0 Å². The number of ether oxygens (including phenoxy) is 2. The van der Waals surface area contributed by atoms with E-state index >= 15 is 0 Å². The van der Waals surface area contributed by atoms with Gasteiger partial charge < -0.3 is 14.8 Å². The summed E-state index contributed by atoms with van der Waals surface area (Å²) in [5.41, 5.74) is 0.695. The van der Waals surface area contributed by atoms with E-state index in [0.29, 0.717) is 27.3 Å². The molecule has 1 amide bonds. The topological polar surface area (TPSA) is 84.9 Å². The molecular formula is C20H30N2O5S. The van der Waals surface area contributed by atoms with Gasteiger partial charge in [0.05, 0.1) is 25.3 Å². The predicted molar refractivity (Wildman–Crippen MR) is 109 cm³/mol. The lowest BCUT2D eigenvalue weighted by atomic mass is 9.92. The van der Waals surface area contributed by atoms with Crippen LogP contribution in [-0.2, 0) is 14.3 Å². The van der Waals surface area contributed by atoms with Crippen molar-refractivity contribution >= 4 is 34.2 Å². The highest BCUT2D eigenvalue weighted by atomic mass is 32.1. The van der Waals surface area contributed by atoms with Gasteiger partial charge in [0.15, 0.2) is 0 Å². The molecule has 28 heavy (non-hydrogen) atoms. The van der Waals surface area contributed by atoms with E-state index in [0.717, 1.165) is 30.8 Å². The van der Waals surface area contributed by atoms with E-state index in [1.165, 1.54) is 0 Å². The molecule has 0 bridgehead atoms. The molecule has 0 radical (unpaired) electrons. The van der Waals surface area contributed by atoms with Crippen molar-refractivity contribution in [3.63, 3.8) is 0 Å². The Bertz CT molecular complexity index is 720. The lowest BCUT2D eigenvalue weighted by molar-refractivity contribution is -0.117. The van der Waals surface area contributed by atoms with Crippen LogP contribution in [0.5, 0.6) is 0 Å². The number of rotatable bonds is 7. The Morgan fingerprint density at radius 2 is 1.64 bits per heavy atom. The number of thiophene rings is 1. The van der Waals surface area contributed by atoms with Crippen LogP contribution in [0.3, 0.4) is 0 Å². The van der Waals surface area contributed by atoms with Gasteiger partial charge in [-0.1, -0.05) is 13.8 Å². The highest BCUT2D eigenvalue weighted by molar-refractivity contribution is 7.18. The number of hydrogen-bond acceptors (Lipinski definition) is 7. The maximum Gasteiger partial charge on any atom is 0.348 e. The maximum atomic E-state index is 12.6. The van der Waals surface area contributed by atoms with Crippen LogP contribution >= 0.6 is 11.3 Å². The first-order chi connectivity index (χ1) is 13.3. The summed E-state index contributed by atoms with van der Waals surface area (Å²) in [5, 5.41) is 3.15. The second kappa shape index (κ2) is 10.0. The van der Waals surface area contributed by atoms with Gasteiger partial charge in [-0.25, -0.2) is 9.59 Å². The Balaban J connectivity index is 2.20. The van der Waals surface area contributed by atoms with Gasteiger partial charge in [0.25, 0.3) is 0 Å². The third kappa shape index (κ3) is 5.54. The minimum Gasteiger partial charge on any atom is -0.462 e. The fraction of sp³-hybridized carbons (Fsp3) is 0.650. The van der Waals surface area contributed by atoms with Crippen LogP contribution in [0.15, 0.2) is 0 Å². The van der Waals surface area contributed by atoms with Crippen molar-refractivity contribution in [1.29, 1.82) is 0 Å². The van der Waals surface area contributed by atoms with Gasteiger partial charge in [0.2, 0.25) is 5.91 Å². The summed E-state index contributed by atoms with van der Waals surface area (Å²) >= 11 is 1.05. The average molecular weight is 411 g/mol. The van der Waals surface area contributed by atoms with Crippen molar-refractivity contribution in [2.24, 2.45) is 11.8 Å². The first kappa shape index (κ1) is 22.4. The fourth-order valence-corrected chi connectivity index (χ4v) is 4.84. The Labute approximate surface area is 170 Å². The second-order valence-electron chi connectivity index (χ2n) is 7.39. The number of anilines is 1. The van der Waals surface area contributed by atoms with Crippen molar-refractivity contribution in [2.45, 2.75) is 41.0 Å². The summed E-state index contributed by atoms with van der Waals surface area (Å²) in [7, 11) is 0. The van der Waals surface area contributed by atoms with Crippen LogP contribution in [0.4, 0.5) is 5.00 Å². The summed E-state index contributed by atoms with van der Waals surface area (Å²) in [6.07, 6.45) is 1.16. The largest absolute Gasteiger partial charge is 0.462 e. The van der Waals surface area contributed by atoms with Crippen molar-refractivity contribution in [2.75, 3.05) is 38.2 Å². The van der Waals surface area contributed by atoms with Crippen molar-refractivity contribution in [3.05, 3.63) is 16.0 Å². The van der Waals surface area contributed by atoms with Gasteiger partial charge in [-0.3, -0.25) is 9.69 Å². The molecule has 156 valence electrons. The molecular weight excluding hydrogens is 380 g/mol. The summed E-state index contributed by atoms with van der Waals surface area (Å²) in [6, 6.07) is 0. The van der Waals surface area contributed by atoms with Crippen LogP contribution in [-0.4, -0.2) is 55.6 Å². The zero-order valence-electron chi connectivity index (χ0n) is 17.3. The molecule has 2 heterocycles. The SMILES string of the molecule is CCOC(=O)c1sc(NC(=O)CN2CC(C)CC(C)C2)c(C(=O)OCC)c1C. The molecule has 2 atom stereocenters. The smallest absolute Gasteiger partial charge is 0.348 e. The number of likely N-dealkylation sites (tertiary alicyclic amines) is 1. The van der Waals surface area contributed by atoms with Crippen molar-refractivity contribution in [1.82, 2.24) is 4.90 Å². The normalized spacial score (nSPS) is 19.9. The van der Waals surface area contributed by atoms with E-state index in [4.69, 9.17) is 9.47 Å². The minimum atomic E-state index is -0.553. The van der Waals surface area contributed by atoms with Crippen LogP contribution in [0.25, 0.3) is 0 Å². The lowest BCUT2D eigenvalue weighted by Crippen LogP contribution is -2.42. The van der Waals surface area contributed by atoms with Gasteiger partial charge >= 0.3 is 11.9 Å². The highest BCUT2D eigenvalue weighted by Gasteiger charge is 2.28. The molecule has 2 rings (SSSR count). The molecule has 1 saturated heterocycles.